The average molecular weight is 342 g/mol. The van der Waals surface area contributed by atoms with Crippen molar-refractivity contribution in [3.8, 4) is 0 Å². The van der Waals surface area contributed by atoms with Crippen molar-refractivity contribution in [2.75, 3.05) is 5.32 Å². The molecule has 0 saturated carbocycles. The lowest BCUT2D eigenvalue weighted by Gasteiger charge is -2.24. The molecular weight excluding hydrogens is 326 g/mol. The fraction of sp³-hybridized carbons (Fsp3) is 0.211. The Balaban J connectivity index is 1.91. The van der Waals surface area contributed by atoms with Crippen LogP contribution >= 0.6 is 23.4 Å². The predicted molar refractivity (Wildman–Crippen MR) is 96.0 cm³/mol. The van der Waals surface area contributed by atoms with Crippen LogP contribution in [0.3, 0.4) is 0 Å². The summed E-state index contributed by atoms with van der Waals surface area (Å²) < 4.78 is 0. The van der Waals surface area contributed by atoms with Crippen molar-refractivity contribution in [1.82, 2.24) is 0 Å². The summed E-state index contributed by atoms with van der Waals surface area (Å²) in [4.78, 5) is 13.8. The Labute approximate surface area is 144 Å². The second-order valence-electron chi connectivity index (χ2n) is 5.81. The minimum Gasteiger partial charge on any atom is -0.358 e. The zero-order valence-electron chi connectivity index (χ0n) is 12.5. The molecule has 1 aliphatic carbocycles. The van der Waals surface area contributed by atoms with Crippen LogP contribution in [0.15, 0.2) is 64.7 Å². The van der Waals surface area contributed by atoms with Crippen molar-refractivity contribution < 1.29 is 4.79 Å². The highest BCUT2D eigenvalue weighted by Crippen LogP contribution is 2.50. The van der Waals surface area contributed by atoms with E-state index in [1.54, 1.807) is 11.8 Å². The summed E-state index contributed by atoms with van der Waals surface area (Å²) in [5, 5.41) is 4.17. The summed E-state index contributed by atoms with van der Waals surface area (Å²) >= 11 is 8.16. The smallest absolute Gasteiger partial charge is 0.162 e. The molecule has 2 nitrogen and oxygen atoms in total. The van der Waals surface area contributed by atoms with Gasteiger partial charge in [-0.25, -0.2) is 0 Å². The van der Waals surface area contributed by atoms with E-state index < -0.39 is 0 Å². The highest BCUT2D eigenvalue weighted by atomic mass is 35.5. The van der Waals surface area contributed by atoms with E-state index in [1.165, 1.54) is 0 Å². The largest absolute Gasteiger partial charge is 0.358 e. The first-order valence-electron chi connectivity index (χ1n) is 7.77. The van der Waals surface area contributed by atoms with Gasteiger partial charge in [-0.3, -0.25) is 4.79 Å². The molecule has 2 aromatic rings. The van der Waals surface area contributed by atoms with Crippen LogP contribution < -0.4 is 5.32 Å². The van der Waals surface area contributed by atoms with Gasteiger partial charge in [-0.2, -0.15) is 0 Å². The lowest BCUT2D eigenvalue weighted by atomic mass is 9.89. The SMILES string of the molecule is O=C1CCCC2=C1[C@@H](c1ccccc1Cl)Sc1ccccc1N2. The Morgan fingerprint density at radius 2 is 1.83 bits per heavy atom. The van der Waals surface area contributed by atoms with Crippen molar-refractivity contribution in [3.63, 3.8) is 0 Å². The Kier molecular flexibility index (Phi) is 3.92. The van der Waals surface area contributed by atoms with Crippen LogP contribution in [-0.4, -0.2) is 5.78 Å². The minimum atomic E-state index is -0.0531. The maximum absolute atomic E-state index is 12.7. The number of halogens is 1. The first-order valence-corrected chi connectivity index (χ1v) is 9.03. The van der Waals surface area contributed by atoms with Gasteiger partial charge in [0.2, 0.25) is 0 Å². The molecule has 0 amide bonds. The van der Waals surface area contributed by atoms with Crippen molar-refractivity contribution in [2.24, 2.45) is 0 Å². The maximum atomic E-state index is 12.7. The number of anilines is 1. The van der Waals surface area contributed by atoms with E-state index in [4.69, 9.17) is 11.6 Å². The zero-order valence-corrected chi connectivity index (χ0v) is 14.1. The summed E-state index contributed by atoms with van der Waals surface area (Å²) in [5.74, 6) is 0.240. The molecule has 1 aliphatic heterocycles. The predicted octanol–water partition coefficient (Wildman–Crippen LogP) is 5.61. The number of allylic oxidation sites excluding steroid dienone is 1. The van der Waals surface area contributed by atoms with Crippen LogP contribution in [0.1, 0.15) is 30.1 Å². The molecular formula is C19H16ClNOS. The minimum absolute atomic E-state index is 0.0531. The van der Waals surface area contributed by atoms with E-state index in [0.29, 0.717) is 6.42 Å². The third-order valence-electron chi connectivity index (χ3n) is 4.32. The molecule has 1 atom stereocenters. The molecule has 23 heavy (non-hydrogen) atoms. The van der Waals surface area contributed by atoms with Crippen LogP contribution in [0.2, 0.25) is 5.02 Å². The normalized spacial score (nSPS) is 20.4. The van der Waals surface area contributed by atoms with Crippen LogP contribution in [0, 0.1) is 0 Å². The Morgan fingerprint density at radius 3 is 2.70 bits per heavy atom. The standard InChI is InChI=1S/C19H16ClNOS/c20-13-7-2-1-6-12(13)19-18-15(9-5-10-16(18)22)21-14-8-3-4-11-17(14)23-19/h1-4,6-8,11,19,21H,5,9-10H2/t19-/m1/s1. The number of carbonyl (C=O) groups is 1. The van der Waals surface area contributed by atoms with E-state index >= 15 is 0 Å². The van der Waals surface area contributed by atoms with E-state index in [2.05, 4.69) is 17.4 Å². The number of hydrogen-bond donors (Lipinski definition) is 1. The van der Waals surface area contributed by atoms with Gasteiger partial charge in [0, 0.05) is 27.6 Å². The van der Waals surface area contributed by atoms with Crippen molar-refractivity contribution in [2.45, 2.75) is 29.4 Å². The van der Waals surface area contributed by atoms with Gasteiger partial charge in [-0.15, -0.1) is 11.8 Å². The number of rotatable bonds is 1. The lowest BCUT2D eigenvalue weighted by molar-refractivity contribution is -0.116. The molecule has 0 aromatic heterocycles. The van der Waals surface area contributed by atoms with E-state index in [1.807, 2.05) is 36.4 Å². The summed E-state index contributed by atoms with van der Waals surface area (Å²) in [6.45, 7) is 0. The van der Waals surface area contributed by atoms with Gasteiger partial charge in [-0.1, -0.05) is 41.9 Å². The highest BCUT2D eigenvalue weighted by Gasteiger charge is 2.33. The van der Waals surface area contributed by atoms with Crippen LogP contribution in [-0.2, 0) is 4.79 Å². The van der Waals surface area contributed by atoms with Crippen molar-refractivity contribution in [1.29, 1.82) is 0 Å². The molecule has 0 bridgehead atoms. The fourth-order valence-electron chi connectivity index (χ4n) is 3.23. The number of para-hydroxylation sites is 1. The first kappa shape index (κ1) is 14.9. The molecule has 0 spiro atoms. The number of benzene rings is 2. The molecule has 116 valence electrons. The zero-order chi connectivity index (χ0) is 15.8. The van der Waals surface area contributed by atoms with E-state index in [9.17, 15) is 4.79 Å². The van der Waals surface area contributed by atoms with Gasteiger partial charge in [0.15, 0.2) is 5.78 Å². The number of fused-ring (bicyclic) bond motifs is 1. The highest BCUT2D eigenvalue weighted by molar-refractivity contribution is 8.00. The Morgan fingerprint density at radius 1 is 1.04 bits per heavy atom. The van der Waals surface area contributed by atoms with Gasteiger partial charge < -0.3 is 5.32 Å². The quantitative estimate of drug-likeness (QED) is 0.731. The van der Waals surface area contributed by atoms with Crippen molar-refractivity contribution >= 4 is 34.8 Å². The van der Waals surface area contributed by atoms with Crippen LogP contribution in [0.25, 0.3) is 0 Å². The molecule has 4 rings (SSSR count). The molecule has 2 aromatic carbocycles. The number of Topliss-reactive ketones (excluding diaryl/α,β-unsaturated/α-hetero) is 1. The second-order valence-corrected chi connectivity index (χ2v) is 7.36. The van der Waals surface area contributed by atoms with Crippen LogP contribution in [0.5, 0.6) is 0 Å². The number of nitrogens with one attached hydrogen (secondary N) is 1. The molecule has 4 heteroatoms. The van der Waals surface area contributed by atoms with Gasteiger partial charge in [0.25, 0.3) is 0 Å². The lowest BCUT2D eigenvalue weighted by Crippen LogP contribution is -2.19. The monoisotopic (exact) mass is 341 g/mol. The van der Waals surface area contributed by atoms with Gasteiger partial charge in [-0.05, 0) is 36.6 Å². The topological polar surface area (TPSA) is 29.1 Å². The Bertz CT molecular complexity index is 815. The van der Waals surface area contributed by atoms with Crippen molar-refractivity contribution in [3.05, 3.63) is 70.4 Å². The summed E-state index contributed by atoms with van der Waals surface area (Å²) in [6.07, 6.45) is 2.45. The molecule has 2 aliphatic rings. The van der Waals surface area contributed by atoms with Gasteiger partial charge in [0.1, 0.15) is 0 Å². The molecule has 1 heterocycles. The summed E-state index contributed by atoms with van der Waals surface area (Å²) in [5.41, 5.74) is 4.05. The molecule has 0 fully saturated rings. The second kappa shape index (κ2) is 6.06. The summed E-state index contributed by atoms with van der Waals surface area (Å²) in [6, 6.07) is 16.1. The number of ketones is 1. The summed E-state index contributed by atoms with van der Waals surface area (Å²) in [7, 11) is 0. The third kappa shape index (κ3) is 2.68. The van der Waals surface area contributed by atoms with Crippen LogP contribution in [0.4, 0.5) is 5.69 Å². The number of carbonyl (C=O) groups excluding carboxylic acids is 1. The van der Waals surface area contributed by atoms with Gasteiger partial charge >= 0.3 is 0 Å². The van der Waals surface area contributed by atoms with Gasteiger partial charge in [0.05, 0.1) is 10.9 Å². The van der Waals surface area contributed by atoms with E-state index in [0.717, 1.165) is 45.3 Å². The fourth-order valence-corrected chi connectivity index (χ4v) is 4.92. The molecule has 0 unspecified atom stereocenters. The molecule has 1 N–H and O–H groups in total. The maximum Gasteiger partial charge on any atom is 0.162 e. The molecule has 0 radical (unpaired) electrons. The number of hydrogen-bond acceptors (Lipinski definition) is 3. The number of thioether (sulfide) groups is 1. The van der Waals surface area contributed by atoms with E-state index in [-0.39, 0.29) is 11.0 Å². The molecule has 0 saturated heterocycles. The average Bonchev–Trinajstić information content (AvgIpc) is 2.72. The first-order chi connectivity index (χ1) is 11.2. The third-order valence-corrected chi connectivity index (χ3v) is 6.00. The Hall–Kier alpha value is -1.71.